The number of hydrogen-bond donors (Lipinski definition) is 6. The highest BCUT2D eigenvalue weighted by Gasteiger charge is 2.44. The number of nitrogen functional groups attached to an aromatic ring is 1. The van der Waals surface area contributed by atoms with Crippen molar-refractivity contribution in [3.05, 3.63) is 77.1 Å². The highest BCUT2D eigenvalue weighted by Crippen LogP contribution is 2.31. The molecule has 0 amide bonds. The highest BCUT2D eigenvalue weighted by atomic mass is 16.6. The number of aliphatic hydroxyl groups is 2. The Bertz CT molecular complexity index is 1640. The predicted molar refractivity (Wildman–Crippen MR) is 129 cm³/mol. The largest absolute Gasteiger partial charge is 0.387 e. The molecule has 1 aliphatic heterocycles. The normalized spacial score (nSPS) is 21.5. The van der Waals surface area contributed by atoms with E-state index < -0.39 is 45.9 Å². The first-order valence-electron chi connectivity index (χ1n) is 10.9. The maximum Gasteiger partial charge on any atom is 0.280 e. The molecule has 1 saturated heterocycles. The van der Waals surface area contributed by atoms with Gasteiger partial charge in [-0.15, -0.1) is 0 Å². The second-order valence-corrected chi connectivity index (χ2v) is 8.39. The molecule has 2 aromatic carbocycles. The number of nitrogens with one attached hydrogen (secondary N) is 3. The van der Waals surface area contributed by atoms with Gasteiger partial charge in [0.1, 0.15) is 29.7 Å². The molecule has 5 rings (SSSR count). The highest BCUT2D eigenvalue weighted by molar-refractivity contribution is 5.74. The number of nitro groups is 1. The van der Waals surface area contributed by atoms with Gasteiger partial charge < -0.3 is 31.3 Å². The molecule has 0 aliphatic carbocycles. The van der Waals surface area contributed by atoms with Crippen LogP contribution in [0.5, 0.6) is 0 Å². The minimum Gasteiger partial charge on any atom is -0.387 e. The summed E-state index contributed by atoms with van der Waals surface area (Å²) in [6.45, 7) is -0.110. The number of imidazole rings is 1. The van der Waals surface area contributed by atoms with Crippen LogP contribution in [0, 0.1) is 10.1 Å². The van der Waals surface area contributed by atoms with Gasteiger partial charge in [-0.05, 0) is 5.56 Å². The van der Waals surface area contributed by atoms with Crippen molar-refractivity contribution >= 4 is 34.2 Å². The van der Waals surface area contributed by atoms with Crippen LogP contribution in [0.4, 0.5) is 23.0 Å². The summed E-state index contributed by atoms with van der Waals surface area (Å²) in [6, 6.07) is 5.80. The minimum absolute atomic E-state index is 0.0133. The lowest BCUT2D eigenvalue weighted by molar-refractivity contribution is -0.384. The van der Waals surface area contributed by atoms with Crippen molar-refractivity contribution in [3.63, 3.8) is 0 Å². The first kappa shape index (κ1) is 24.0. The number of hydrogen-bond acceptors (Lipinski definition) is 13. The average molecular weight is 512 g/mol. The number of non-ortho nitro benzene ring substituents is 1. The molecule has 0 saturated carbocycles. The summed E-state index contributed by atoms with van der Waals surface area (Å²) in [5, 5.41) is 37.6. The van der Waals surface area contributed by atoms with E-state index in [0.717, 1.165) is 0 Å². The van der Waals surface area contributed by atoms with Crippen LogP contribution in [-0.4, -0.2) is 59.5 Å². The number of nitro benzene ring substituents is 1. The van der Waals surface area contributed by atoms with Gasteiger partial charge in [-0.2, -0.15) is 4.98 Å². The van der Waals surface area contributed by atoms with Crippen LogP contribution < -0.4 is 32.8 Å². The third-order valence-electron chi connectivity index (χ3n) is 6.04. The number of nitrogens with two attached hydrogens (primary N) is 1. The van der Waals surface area contributed by atoms with Gasteiger partial charge in [-0.3, -0.25) is 34.0 Å². The lowest BCUT2D eigenvalue weighted by Gasteiger charge is -2.19. The van der Waals surface area contributed by atoms with Crippen LogP contribution in [-0.2, 0) is 11.3 Å². The molecule has 0 unspecified atom stereocenters. The van der Waals surface area contributed by atoms with Gasteiger partial charge >= 0.3 is 0 Å². The van der Waals surface area contributed by atoms with Crippen LogP contribution >= 0.6 is 0 Å². The topological polar surface area (TPSA) is 241 Å². The molecule has 4 aromatic rings. The fraction of sp³-hybridized carbons (Fsp3) is 0.286. The van der Waals surface area contributed by atoms with Crippen LogP contribution in [0.25, 0.3) is 11.2 Å². The standard InChI is InChI=1S/C21H20N8O8/c22-21-26-18-13(19(34)27-21)25-7-28(18)20-17(33)14(30)10(37-20)6-24-12-11(15(31)16(12)32)23-5-8-2-1-3-9(4-8)29(35)36/h1-4,7,10,14,17,20,23-24,30,33H,5-6H2,(H3,22,26,27,34)/t10-,14-,17-,20-/m1/s1. The van der Waals surface area contributed by atoms with Crippen molar-refractivity contribution in [1.29, 1.82) is 0 Å². The average Bonchev–Trinajstić information content (AvgIpc) is 3.41. The number of aromatic nitrogens is 4. The van der Waals surface area contributed by atoms with E-state index in [-0.39, 0.29) is 47.3 Å². The molecule has 4 atom stereocenters. The van der Waals surface area contributed by atoms with Crippen molar-refractivity contribution in [1.82, 2.24) is 19.5 Å². The number of rotatable bonds is 8. The molecule has 1 aliphatic rings. The van der Waals surface area contributed by atoms with Gasteiger partial charge in [-0.25, -0.2) is 4.98 Å². The summed E-state index contributed by atoms with van der Waals surface area (Å²) in [6.07, 6.45) is -3.81. The van der Waals surface area contributed by atoms with Gasteiger partial charge in [0.25, 0.3) is 22.1 Å². The predicted octanol–water partition coefficient (Wildman–Crippen LogP) is -1.45. The molecule has 192 valence electrons. The molecule has 0 radical (unpaired) electrons. The third-order valence-corrected chi connectivity index (χ3v) is 6.04. The van der Waals surface area contributed by atoms with E-state index >= 15 is 0 Å². The second-order valence-electron chi connectivity index (χ2n) is 8.39. The monoisotopic (exact) mass is 512 g/mol. The summed E-state index contributed by atoms with van der Waals surface area (Å²) < 4.78 is 7.03. The van der Waals surface area contributed by atoms with Crippen molar-refractivity contribution in [2.45, 2.75) is 31.1 Å². The Balaban J connectivity index is 1.28. The zero-order valence-corrected chi connectivity index (χ0v) is 18.8. The summed E-state index contributed by atoms with van der Waals surface area (Å²) in [4.78, 5) is 56.9. The summed E-state index contributed by atoms with van der Waals surface area (Å²) in [7, 11) is 0. The molecular formula is C21H20N8O8. The quantitative estimate of drug-likeness (QED) is 0.0900. The van der Waals surface area contributed by atoms with Crippen LogP contribution in [0.3, 0.4) is 0 Å². The van der Waals surface area contributed by atoms with Crippen molar-refractivity contribution in [2.75, 3.05) is 22.9 Å². The molecule has 16 nitrogen and oxygen atoms in total. The summed E-state index contributed by atoms with van der Waals surface area (Å²) in [5.74, 6) is -0.171. The maximum absolute atomic E-state index is 12.1. The van der Waals surface area contributed by atoms with Gasteiger partial charge in [0.2, 0.25) is 5.95 Å². The Kier molecular flexibility index (Phi) is 5.90. The lowest BCUT2D eigenvalue weighted by Crippen LogP contribution is -2.41. The van der Waals surface area contributed by atoms with E-state index in [1.807, 2.05) is 0 Å². The number of nitrogens with zero attached hydrogens (tertiary/aromatic N) is 4. The van der Waals surface area contributed by atoms with E-state index in [4.69, 9.17) is 10.5 Å². The van der Waals surface area contributed by atoms with E-state index in [0.29, 0.717) is 5.56 Å². The van der Waals surface area contributed by atoms with Crippen LogP contribution in [0.1, 0.15) is 11.8 Å². The molecule has 3 heterocycles. The molecule has 1 fully saturated rings. The zero-order valence-electron chi connectivity index (χ0n) is 18.8. The summed E-state index contributed by atoms with van der Waals surface area (Å²) in [5.41, 5.74) is 3.81. The molecule has 16 heteroatoms. The van der Waals surface area contributed by atoms with E-state index in [1.54, 1.807) is 6.07 Å². The van der Waals surface area contributed by atoms with E-state index in [9.17, 15) is 34.7 Å². The molecule has 0 bridgehead atoms. The number of fused-ring (bicyclic) bond motifs is 1. The van der Waals surface area contributed by atoms with Crippen LogP contribution in [0.2, 0.25) is 0 Å². The second kappa shape index (κ2) is 9.08. The van der Waals surface area contributed by atoms with Crippen molar-refractivity contribution < 1.29 is 19.9 Å². The van der Waals surface area contributed by atoms with Gasteiger partial charge in [-0.1, -0.05) is 12.1 Å². The van der Waals surface area contributed by atoms with Crippen molar-refractivity contribution in [2.24, 2.45) is 0 Å². The van der Waals surface area contributed by atoms with E-state index in [2.05, 4.69) is 25.6 Å². The van der Waals surface area contributed by atoms with Crippen LogP contribution in [0.15, 0.2) is 45.0 Å². The third kappa shape index (κ3) is 4.18. The first-order valence-corrected chi connectivity index (χ1v) is 10.9. The lowest BCUT2D eigenvalue weighted by atomic mass is 10.1. The molecule has 37 heavy (non-hydrogen) atoms. The number of aromatic amines is 1. The smallest absolute Gasteiger partial charge is 0.280 e. The first-order chi connectivity index (χ1) is 17.7. The number of anilines is 3. The van der Waals surface area contributed by atoms with Gasteiger partial charge in [0, 0.05) is 25.2 Å². The Labute approximate surface area is 205 Å². The Morgan fingerprint density at radius 1 is 1.16 bits per heavy atom. The Hall–Kier alpha value is -4.67. The van der Waals surface area contributed by atoms with Gasteiger partial charge in [0.15, 0.2) is 17.4 Å². The Morgan fingerprint density at radius 3 is 2.62 bits per heavy atom. The molecule has 2 aromatic heterocycles. The molecular weight excluding hydrogens is 492 g/mol. The zero-order chi connectivity index (χ0) is 26.4. The molecule has 0 spiro atoms. The number of H-pyrrole nitrogens is 1. The van der Waals surface area contributed by atoms with E-state index in [1.165, 1.54) is 29.1 Å². The maximum atomic E-state index is 12.1. The number of benzene rings is 1. The summed E-state index contributed by atoms with van der Waals surface area (Å²) >= 11 is 0. The number of aliphatic hydroxyl groups excluding tert-OH is 2. The number of ether oxygens (including phenoxy) is 1. The molecule has 7 N–H and O–H groups in total. The SMILES string of the molecule is Nc1nc2c(ncn2[C@@H]2O[C@H](CNc3c(NCc4cccc([N+](=O)[O-])c4)c(=O)c3=O)[C@@H](O)[C@H]2O)c(=O)[nH]1. The van der Waals surface area contributed by atoms with Crippen molar-refractivity contribution in [3.8, 4) is 0 Å². The minimum atomic E-state index is -1.44. The fourth-order valence-electron chi connectivity index (χ4n) is 4.16. The van der Waals surface area contributed by atoms with Gasteiger partial charge in [0.05, 0.1) is 11.3 Å². The Morgan fingerprint density at radius 2 is 1.89 bits per heavy atom. The fourth-order valence-corrected chi connectivity index (χ4v) is 4.16.